The van der Waals surface area contributed by atoms with E-state index in [-0.39, 0.29) is 11.8 Å². The summed E-state index contributed by atoms with van der Waals surface area (Å²) in [6, 6.07) is 25.8. The third-order valence-corrected chi connectivity index (χ3v) is 6.83. The molecule has 178 valence electrons. The Balaban J connectivity index is 1.82. The second-order valence-corrected chi connectivity index (χ2v) is 9.51. The smallest absolute Gasteiger partial charge is 0.243 e. The molecule has 0 spiro atoms. The number of benzene rings is 3. The molecule has 3 aromatic rings. The van der Waals surface area contributed by atoms with E-state index in [1.54, 1.807) is 16.7 Å². The molecular formula is C29H34N2O2S. The fraction of sp³-hybridized carbons (Fsp3) is 0.310. The maximum absolute atomic E-state index is 13.6. The second-order valence-electron chi connectivity index (χ2n) is 8.53. The molecule has 1 N–H and O–H groups in total. The first-order chi connectivity index (χ1) is 16.5. The fourth-order valence-electron chi connectivity index (χ4n) is 3.84. The summed E-state index contributed by atoms with van der Waals surface area (Å²) in [7, 11) is 0. The molecule has 0 aliphatic carbocycles. The van der Waals surface area contributed by atoms with E-state index >= 15 is 0 Å². The van der Waals surface area contributed by atoms with E-state index in [4.69, 9.17) is 0 Å². The van der Waals surface area contributed by atoms with Gasteiger partial charge in [-0.25, -0.2) is 0 Å². The Bertz CT molecular complexity index is 1070. The van der Waals surface area contributed by atoms with Crippen molar-refractivity contribution in [2.75, 3.05) is 12.3 Å². The lowest BCUT2D eigenvalue weighted by Crippen LogP contribution is -2.51. The average molecular weight is 475 g/mol. The standard InChI is InChI=1S/C29H34N2O2S/c1-4-30-29(33)27(18-24-11-6-5-7-12-24)31(19-26-13-9-8-10-23(26)3)28(32)21-34-20-25-16-14-22(2)15-17-25/h5-17,27H,4,18-21H2,1-3H3,(H,30,33)/t27-/m1/s1. The van der Waals surface area contributed by atoms with Gasteiger partial charge in [-0.3, -0.25) is 9.59 Å². The largest absolute Gasteiger partial charge is 0.355 e. The summed E-state index contributed by atoms with van der Waals surface area (Å²) in [6.45, 7) is 6.95. The number of thioether (sulfide) groups is 1. The number of amides is 2. The first kappa shape index (κ1) is 25.6. The molecule has 3 rings (SSSR count). The van der Waals surface area contributed by atoms with Crippen LogP contribution in [-0.4, -0.2) is 35.1 Å². The number of carbonyl (C=O) groups excluding carboxylic acids is 2. The van der Waals surface area contributed by atoms with Gasteiger partial charge in [-0.1, -0.05) is 84.4 Å². The highest BCUT2D eigenvalue weighted by molar-refractivity contribution is 7.99. The van der Waals surface area contributed by atoms with Gasteiger partial charge in [0.15, 0.2) is 0 Å². The van der Waals surface area contributed by atoms with E-state index in [2.05, 4.69) is 36.5 Å². The summed E-state index contributed by atoms with van der Waals surface area (Å²) in [6.07, 6.45) is 0.479. The molecular weight excluding hydrogens is 440 g/mol. The van der Waals surface area contributed by atoms with Crippen molar-refractivity contribution < 1.29 is 9.59 Å². The minimum absolute atomic E-state index is 0.0208. The molecule has 0 aliphatic rings. The highest BCUT2D eigenvalue weighted by Crippen LogP contribution is 2.20. The summed E-state index contributed by atoms with van der Waals surface area (Å²) in [4.78, 5) is 28.5. The van der Waals surface area contributed by atoms with Gasteiger partial charge in [-0.2, -0.15) is 0 Å². The molecule has 2 amide bonds. The van der Waals surface area contributed by atoms with Crippen LogP contribution in [0, 0.1) is 13.8 Å². The summed E-state index contributed by atoms with van der Waals surface area (Å²) in [5.74, 6) is 0.948. The lowest BCUT2D eigenvalue weighted by Gasteiger charge is -2.32. The Morgan fingerprint density at radius 3 is 2.24 bits per heavy atom. The van der Waals surface area contributed by atoms with Crippen LogP contribution in [0.5, 0.6) is 0 Å². The van der Waals surface area contributed by atoms with Crippen molar-refractivity contribution in [1.29, 1.82) is 0 Å². The molecule has 0 radical (unpaired) electrons. The van der Waals surface area contributed by atoms with Crippen LogP contribution in [0.15, 0.2) is 78.9 Å². The van der Waals surface area contributed by atoms with Gasteiger partial charge in [0, 0.05) is 25.3 Å². The zero-order valence-electron chi connectivity index (χ0n) is 20.3. The SMILES string of the molecule is CCNC(=O)[C@@H](Cc1ccccc1)N(Cc1ccccc1C)C(=O)CSCc1ccc(C)cc1. The minimum Gasteiger partial charge on any atom is -0.355 e. The van der Waals surface area contributed by atoms with Crippen molar-refractivity contribution in [3.63, 3.8) is 0 Å². The predicted octanol–water partition coefficient (Wildman–Crippen LogP) is 5.31. The van der Waals surface area contributed by atoms with Crippen LogP contribution in [0.2, 0.25) is 0 Å². The summed E-state index contributed by atoms with van der Waals surface area (Å²) >= 11 is 1.59. The Morgan fingerprint density at radius 2 is 1.56 bits per heavy atom. The van der Waals surface area contributed by atoms with Gasteiger partial charge in [0.2, 0.25) is 11.8 Å². The van der Waals surface area contributed by atoms with E-state index < -0.39 is 6.04 Å². The molecule has 0 heterocycles. The van der Waals surface area contributed by atoms with Crippen LogP contribution in [0.3, 0.4) is 0 Å². The first-order valence-corrected chi connectivity index (χ1v) is 12.9. The molecule has 0 unspecified atom stereocenters. The highest BCUT2D eigenvalue weighted by atomic mass is 32.2. The normalized spacial score (nSPS) is 11.6. The second kappa shape index (κ2) is 13.0. The highest BCUT2D eigenvalue weighted by Gasteiger charge is 2.30. The van der Waals surface area contributed by atoms with E-state index in [1.165, 1.54) is 11.1 Å². The number of likely N-dealkylation sites (N-methyl/N-ethyl adjacent to an activating group) is 1. The third kappa shape index (κ3) is 7.49. The topological polar surface area (TPSA) is 49.4 Å². The molecule has 0 fully saturated rings. The van der Waals surface area contributed by atoms with Crippen LogP contribution in [-0.2, 0) is 28.3 Å². The first-order valence-electron chi connectivity index (χ1n) is 11.8. The van der Waals surface area contributed by atoms with Crippen LogP contribution in [0.1, 0.15) is 34.7 Å². The monoisotopic (exact) mass is 474 g/mol. The number of hydrogen-bond donors (Lipinski definition) is 1. The maximum atomic E-state index is 13.6. The van der Waals surface area contributed by atoms with Crippen LogP contribution < -0.4 is 5.32 Å². The Morgan fingerprint density at radius 1 is 0.882 bits per heavy atom. The van der Waals surface area contributed by atoms with Crippen molar-refractivity contribution in [1.82, 2.24) is 10.2 Å². The fourth-order valence-corrected chi connectivity index (χ4v) is 4.71. The molecule has 0 bridgehead atoms. The molecule has 3 aromatic carbocycles. The number of aryl methyl sites for hydroxylation is 2. The van der Waals surface area contributed by atoms with E-state index in [0.29, 0.717) is 25.3 Å². The van der Waals surface area contributed by atoms with Gasteiger partial charge < -0.3 is 10.2 Å². The number of nitrogens with one attached hydrogen (secondary N) is 1. The molecule has 0 saturated heterocycles. The van der Waals surface area contributed by atoms with Gasteiger partial charge in [-0.15, -0.1) is 11.8 Å². The molecule has 4 nitrogen and oxygen atoms in total. The van der Waals surface area contributed by atoms with E-state index in [1.807, 2.05) is 68.4 Å². The van der Waals surface area contributed by atoms with Gasteiger partial charge in [0.25, 0.3) is 0 Å². The van der Waals surface area contributed by atoms with Gasteiger partial charge >= 0.3 is 0 Å². The zero-order chi connectivity index (χ0) is 24.3. The Kier molecular flexibility index (Phi) is 9.77. The molecule has 0 aliphatic heterocycles. The number of rotatable bonds is 11. The van der Waals surface area contributed by atoms with Crippen molar-refractivity contribution in [3.05, 3.63) is 107 Å². The Labute approximate surface area is 207 Å². The van der Waals surface area contributed by atoms with E-state index in [0.717, 1.165) is 22.4 Å². The van der Waals surface area contributed by atoms with Crippen molar-refractivity contribution >= 4 is 23.6 Å². The Hall–Kier alpha value is -3.05. The summed E-state index contributed by atoms with van der Waals surface area (Å²) < 4.78 is 0. The molecule has 5 heteroatoms. The molecule has 0 saturated carbocycles. The van der Waals surface area contributed by atoms with Gasteiger partial charge in [-0.05, 0) is 43.0 Å². The number of carbonyl (C=O) groups is 2. The lowest BCUT2D eigenvalue weighted by molar-refractivity contribution is -0.139. The quantitative estimate of drug-likeness (QED) is 0.410. The molecule has 1 atom stereocenters. The summed E-state index contributed by atoms with van der Waals surface area (Å²) in [5.41, 5.74) is 5.62. The number of hydrogen-bond acceptors (Lipinski definition) is 3. The minimum atomic E-state index is -0.575. The van der Waals surface area contributed by atoms with Crippen molar-refractivity contribution in [2.24, 2.45) is 0 Å². The van der Waals surface area contributed by atoms with Crippen LogP contribution in [0.4, 0.5) is 0 Å². The van der Waals surface area contributed by atoms with Crippen molar-refractivity contribution in [3.8, 4) is 0 Å². The molecule has 34 heavy (non-hydrogen) atoms. The van der Waals surface area contributed by atoms with Crippen LogP contribution >= 0.6 is 11.8 Å². The predicted molar refractivity (Wildman–Crippen MR) is 142 cm³/mol. The van der Waals surface area contributed by atoms with Crippen LogP contribution in [0.25, 0.3) is 0 Å². The van der Waals surface area contributed by atoms with Crippen molar-refractivity contribution in [2.45, 2.75) is 45.5 Å². The zero-order valence-corrected chi connectivity index (χ0v) is 21.1. The van der Waals surface area contributed by atoms with Gasteiger partial charge in [0.05, 0.1) is 5.75 Å². The number of nitrogens with zero attached hydrogens (tertiary/aromatic N) is 1. The lowest BCUT2D eigenvalue weighted by atomic mass is 10.0. The third-order valence-electron chi connectivity index (χ3n) is 5.84. The maximum Gasteiger partial charge on any atom is 0.243 e. The van der Waals surface area contributed by atoms with Gasteiger partial charge in [0.1, 0.15) is 6.04 Å². The molecule has 0 aromatic heterocycles. The summed E-state index contributed by atoms with van der Waals surface area (Å²) in [5, 5.41) is 2.95. The van der Waals surface area contributed by atoms with E-state index in [9.17, 15) is 9.59 Å². The average Bonchev–Trinajstić information content (AvgIpc) is 2.84.